The SMILES string of the molecule is Cc1c(CC(=O)N[C@H](CC(C)C)C(=O)O)c(=O)oc2cc3occ(-c4ccc(F)cc4)c3cc12. The molecule has 2 heterocycles. The molecule has 0 radical (unpaired) electrons. The topological polar surface area (TPSA) is 110 Å². The summed E-state index contributed by atoms with van der Waals surface area (Å²) >= 11 is 0. The predicted molar refractivity (Wildman–Crippen MR) is 125 cm³/mol. The molecular formula is C26H24FNO6. The van der Waals surface area contributed by atoms with Gasteiger partial charge in [-0.2, -0.15) is 0 Å². The minimum Gasteiger partial charge on any atom is -0.480 e. The van der Waals surface area contributed by atoms with Crippen molar-refractivity contribution in [2.75, 3.05) is 0 Å². The summed E-state index contributed by atoms with van der Waals surface area (Å²) in [6, 6.07) is 8.40. The van der Waals surface area contributed by atoms with Gasteiger partial charge in [-0.25, -0.2) is 14.0 Å². The van der Waals surface area contributed by atoms with Gasteiger partial charge in [-0.1, -0.05) is 26.0 Å². The molecule has 2 N–H and O–H groups in total. The molecule has 8 heteroatoms. The van der Waals surface area contributed by atoms with Crippen LogP contribution in [0.4, 0.5) is 4.39 Å². The smallest absolute Gasteiger partial charge is 0.340 e. The van der Waals surface area contributed by atoms with E-state index in [4.69, 9.17) is 8.83 Å². The monoisotopic (exact) mass is 465 g/mol. The Morgan fingerprint density at radius 1 is 1.09 bits per heavy atom. The summed E-state index contributed by atoms with van der Waals surface area (Å²) < 4.78 is 24.5. The van der Waals surface area contributed by atoms with Crippen LogP contribution in [0.5, 0.6) is 0 Å². The average molecular weight is 465 g/mol. The van der Waals surface area contributed by atoms with Crippen molar-refractivity contribution < 1.29 is 27.9 Å². The number of fused-ring (bicyclic) bond motifs is 2. The van der Waals surface area contributed by atoms with Gasteiger partial charge in [0.1, 0.15) is 23.0 Å². The Balaban J connectivity index is 1.72. The largest absolute Gasteiger partial charge is 0.480 e. The zero-order valence-electron chi connectivity index (χ0n) is 19.0. The van der Waals surface area contributed by atoms with Crippen molar-refractivity contribution in [2.24, 2.45) is 5.92 Å². The lowest BCUT2D eigenvalue weighted by Gasteiger charge is -2.16. The Hall–Kier alpha value is -3.94. The molecule has 176 valence electrons. The van der Waals surface area contributed by atoms with Crippen molar-refractivity contribution in [2.45, 2.75) is 39.7 Å². The Kier molecular flexibility index (Phi) is 6.24. The van der Waals surface area contributed by atoms with Crippen molar-refractivity contribution in [3.63, 3.8) is 0 Å². The number of hydrogen-bond donors (Lipinski definition) is 2. The second-order valence-electron chi connectivity index (χ2n) is 8.76. The van der Waals surface area contributed by atoms with E-state index < -0.39 is 23.5 Å². The number of carboxylic acids is 1. The molecular weight excluding hydrogens is 441 g/mol. The molecule has 0 bridgehead atoms. The molecule has 0 spiro atoms. The highest BCUT2D eigenvalue weighted by molar-refractivity contribution is 6.02. The van der Waals surface area contributed by atoms with Gasteiger partial charge >= 0.3 is 11.6 Å². The van der Waals surface area contributed by atoms with E-state index in [9.17, 15) is 23.9 Å². The van der Waals surface area contributed by atoms with Crippen LogP contribution in [0.3, 0.4) is 0 Å². The number of amides is 1. The highest BCUT2D eigenvalue weighted by Gasteiger charge is 2.23. The third-order valence-electron chi connectivity index (χ3n) is 5.81. The van der Waals surface area contributed by atoms with E-state index in [1.807, 2.05) is 19.9 Å². The van der Waals surface area contributed by atoms with Crippen molar-refractivity contribution in [3.05, 3.63) is 70.0 Å². The Labute approximate surface area is 194 Å². The number of aryl methyl sites for hydroxylation is 1. The summed E-state index contributed by atoms with van der Waals surface area (Å²) in [6.07, 6.45) is 1.52. The van der Waals surface area contributed by atoms with E-state index in [0.29, 0.717) is 22.1 Å². The third kappa shape index (κ3) is 4.57. The van der Waals surface area contributed by atoms with E-state index in [1.165, 1.54) is 12.1 Å². The van der Waals surface area contributed by atoms with Crippen molar-refractivity contribution in [3.8, 4) is 11.1 Å². The van der Waals surface area contributed by atoms with Gasteiger partial charge in [0, 0.05) is 22.4 Å². The molecule has 0 aliphatic heterocycles. The first-order valence-electron chi connectivity index (χ1n) is 10.9. The molecule has 0 fully saturated rings. The molecule has 34 heavy (non-hydrogen) atoms. The van der Waals surface area contributed by atoms with Gasteiger partial charge in [0.2, 0.25) is 5.91 Å². The number of hydrogen-bond acceptors (Lipinski definition) is 5. The number of rotatable bonds is 7. The molecule has 7 nitrogen and oxygen atoms in total. The van der Waals surface area contributed by atoms with Crippen LogP contribution in [-0.4, -0.2) is 23.0 Å². The van der Waals surface area contributed by atoms with E-state index >= 15 is 0 Å². The molecule has 2 aromatic heterocycles. The van der Waals surface area contributed by atoms with E-state index in [-0.39, 0.29) is 30.1 Å². The molecule has 1 amide bonds. The Bertz CT molecular complexity index is 1450. The van der Waals surface area contributed by atoms with Crippen molar-refractivity contribution >= 4 is 33.8 Å². The quantitative estimate of drug-likeness (QED) is 0.379. The summed E-state index contributed by atoms with van der Waals surface area (Å²) in [6.45, 7) is 5.44. The van der Waals surface area contributed by atoms with Gasteiger partial charge in [-0.15, -0.1) is 0 Å². The molecule has 0 unspecified atom stereocenters. The fraction of sp³-hybridized carbons (Fsp3) is 0.269. The van der Waals surface area contributed by atoms with Gasteiger partial charge in [-0.3, -0.25) is 4.79 Å². The number of carboxylic acid groups (broad SMARTS) is 1. The van der Waals surface area contributed by atoms with Crippen LogP contribution < -0.4 is 10.9 Å². The number of benzene rings is 2. The van der Waals surface area contributed by atoms with Crippen LogP contribution in [0.15, 0.2) is 56.3 Å². The maximum absolute atomic E-state index is 13.3. The molecule has 0 saturated heterocycles. The van der Waals surface area contributed by atoms with E-state index in [1.54, 1.807) is 31.4 Å². The van der Waals surface area contributed by atoms with Crippen molar-refractivity contribution in [1.29, 1.82) is 0 Å². The Morgan fingerprint density at radius 3 is 2.44 bits per heavy atom. The molecule has 4 aromatic rings. The highest BCUT2D eigenvalue weighted by Crippen LogP contribution is 2.34. The lowest BCUT2D eigenvalue weighted by molar-refractivity contribution is -0.142. The van der Waals surface area contributed by atoms with E-state index in [0.717, 1.165) is 16.5 Å². The van der Waals surface area contributed by atoms with Crippen LogP contribution in [0.25, 0.3) is 33.1 Å². The van der Waals surface area contributed by atoms with Gasteiger partial charge < -0.3 is 19.3 Å². The first-order valence-corrected chi connectivity index (χ1v) is 10.9. The van der Waals surface area contributed by atoms with Crippen LogP contribution in [0.2, 0.25) is 0 Å². The van der Waals surface area contributed by atoms with Gasteiger partial charge in [0.25, 0.3) is 0 Å². The summed E-state index contributed by atoms with van der Waals surface area (Å²) in [5.41, 5.74) is 2.37. The standard InChI is InChI=1S/C26H24FNO6/c1-13(2)8-21(25(30)31)28-24(29)10-18-14(3)17-9-19-20(15-4-6-16(27)7-5-15)12-33-22(19)11-23(17)34-26(18)32/h4-7,9,11-13,21H,8,10H2,1-3H3,(H,28,29)(H,30,31)/t21-/m1/s1. The number of nitrogens with one attached hydrogen (secondary N) is 1. The summed E-state index contributed by atoms with van der Waals surface area (Å²) in [7, 11) is 0. The molecule has 1 atom stereocenters. The maximum Gasteiger partial charge on any atom is 0.340 e. The number of furan rings is 1. The first-order chi connectivity index (χ1) is 16.1. The lowest BCUT2D eigenvalue weighted by atomic mass is 9.99. The number of halogens is 1. The molecule has 0 aliphatic carbocycles. The second kappa shape index (κ2) is 9.13. The second-order valence-corrected chi connectivity index (χ2v) is 8.76. The van der Waals surface area contributed by atoms with Gasteiger partial charge in [0.05, 0.1) is 18.2 Å². The number of carbonyl (C=O) groups excluding carboxylic acids is 1. The van der Waals surface area contributed by atoms with Gasteiger partial charge in [0.15, 0.2) is 0 Å². The first kappa shape index (κ1) is 23.2. The lowest BCUT2D eigenvalue weighted by Crippen LogP contribution is -2.42. The minimum absolute atomic E-state index is 0.0709. The van der Waals surface area contributed by atoms with Crippen LogP contribution in [-0.2, 0) is 16.0 Å². The van der Waals surface area contributed by atoms with Gasteiger partial charge in [-0.05, 0) is 48.6 Å². The number of aliphatic carboxylic acids is 1. The van der Waals surface area contributed by atoms with E-state index in [2.05, 4.69) is 5.32 Å². The highest BCUT2D eigenvalue weighted by atomic mass is 19.1. The zero-order chi connectivity index (χ0) is 24.6. The van der Waals surface area contributed by atoms with Crippen LogP contribution in [0.1, 0.15) is 31.4 Å². The van der Waals surface area contributed by atoms with Crippen molar-refractivity contribution in [1.82, 2.24) is 5.32 Å². The average Bonchev–Trinajstić information content (AvgIpc) is 3.18. The summed E-state index contributed by atoms with van der Waals surface area (Å²) in [4.78, 5) is 36.7. The fourth-order valence-corrected chi connectivity index (χ4v) is 4.07. The minimum atomic E-state index is -1.13. The Morgan fingerprint density at radius 2 is 1.79 bits per heavy atom. The predicted octanol–water partition coefficient (Wildman–Crippen LogP) is 4.81. The summed E-state index contributed by atoms with van der Waals surface area (Å²) in [5.74, 6) is -1.97. The molecule has 0 aliphatic rings. The van der Waals surface area contributed by atoms with Crippen LogP contribution >= 0.6 is 0 Å². The molecule has 2 aromatic carbocycles. The zero-order valence-corrected chi connectivity index (χ0v) is 19.0. The maximum atomic E-state index is 13.3. The fourth-order valence-electron chi connectivity index (χ4n) is 4.07. The molecule has 4 rings (SSSR count). The number of carbonyl (C=O) groups is 2. The molecule has 0 saturated carbocycles. The normalized spacial score (nSPS) is 12.4. The summed E-state index contributed by atoms with van der Waals surface area (Å²) in [5, 5.41) is 13.2. The third-order valence-corrected chi connectivity index (χ3v) is 5.81. The van der Waals surface area contributed by atoms with Crippen LogP contribution in [0, 0.1) is 18.7 Å².